The molecule has 6 heteroatoms. The molecular formula is C19H23N3O2S. The zero-order chi connectivity index (χ0) is 18.3. The van der Waals surface area contributed by atoms with E-state index in [0.717, 1.165) is 16.7 Å². The van der Waals surface area contributed by atoms with Crippen LogP contribution in [-0.2, 0) is 28.9 Å². The van der Waals surface area contributed by atoms with Gasteiger partial charge in [0.2, 0.25) is 10.0 Å². The van der Waals surface area contributed by atoms with Crippen LogP contribution in [0.25, 0.3) is 0 Å². The van der Waals surface area contributed by atoms with E-state index in [1.807, 2.05) is 50.2 Å². The van der Waals surface area contributed by atoms with E-state index in [1.165, 1.54) is 0 Å². The van der Waals surface area contributed by atoms with E-state index in [0.29, 0.717) is 18.7 Å². The number of hydrogen-bond donors (Lipinski definition) is 2. The Balaban J connectivity index is 1.99. The van der Waals surface area contributed by atoms with Gasteiger partial charge in [0.1, 0.15) is 0 Å². The van der Waals surface area contributed by atoms with Crippen molar-refractivity contribution in [1.29, 1.82) is 5.26 Å². The standard InChI is InChI=1S/C19H23N3O2S/c1-15(2)22-25(23,24)14-19-6-4-3-5-18(19)13-21-12-17-9-7-16(11-20)8-10-17/h3-10,15,21-22H,12-14H2,1-2H3. The minimum Gasteiger partial charge on any atom is -0.309 e. The molecule has 132 valence electrons. The first kappa shape index (κ1) is 19.1. The van der Waals surface area contributed by atoms with Crippen LogP contribution in [0.3, 0.4) is 0 Å². The van der Waals surface area contributed by atoms with Gasteiger partial charge in [0, 0.05) is 19.1 Å². The number of nitrogens with one attached hydrogen (secondary N) is 2. The van der Waals surface area contributed by atoms with Gasteiger partial charge >= 0.3 is 0 Å². The maximum absolute atomic E-state index is 12.2. The molecule has 0 bridgehead atoms. The van der Waals surface area contributed by atoms with E-state index >= 15 is 0 Å². The average Bonchev–Trinajstić information content (AvgIpc) is 2.55. The summed E-state index contributed by atoms with van der Waals surface area (Å²) in [6.45, 7) is 4.84. The molecule has 0 aliphatic rings. The van der Waals surface area contributed by atoms with E-state index in [9.17, 15) is 8.42 Å². The molecule has 0 unspecified atom stereocenters. The van der Waals surface area contributed by atoms with Gasteiger partial charge in [-0.15, -0.1) is 0 Å². The molecular weight excluding hydrogens is 334 g/mol. The summed E-state index contributed by atoms with van der Waals surface area (Å²) in [7, 11) is -3.35. The smallest absolute Gasteiger partial charge is 0.216 e. The van der Waals surface area contributed by atoms with Crippen molar-refractivity contribution >= 4 is 10.0 Å². The van der Waals surface area contributed by atoms with E-state index in [2.05, 4.69) is 16.1 Å². The van der Waals surface area contributed by atoms with E-state index in [4.69, 9.17) is 5.26 Å². The Morgan fingerprint density at radius 2 is 1.64 bits per heavy atom. The molecule has 0 atom stereocenters. The normalized spacial score (nSPS) is 11.4. The van der Waals surface area contributed by atoms with Crippen molar-refractivity contribution in [2.24, 2.45) is 0 Å². The summed E-state index contributed by atoms with van der Waals surface area (Å²) in [5.41, 5.74) is 3.47. The highest BCUT2D eigenvalue weighted by Gasteiger charge is 2.15. The molecule has 0 spiro atoms. The number of rotatable bonds is 8. The molecule has 0 fully saturated rings. The third kappa shape index (κ3) is 6.31. The van der Waals surface area contributed by atoms with Crippen LogP contribution in [0.2, 0.25) is 0 Å². The Hall–Kier alpha value is -2.20. The minimum atomic E-state index is -3.35. The third-order valence-electron chi connectivity index (χ3n) is 3.61. The van der Waals surface area contributed by atoms with Crippen LogP contribution >= 0.6 is 0 Å². The fourth-order valence-electron chi connectivity index (χ4n) is 2.51. The summed E-state index contributed by atoms with van der Waals surface area (Å²) in [6.07, 6.45) is 0. The Morgan fingerprint density at radius 3 is 2.24 bits per heavy atom. The summed E-state index contributed by atoms with van der Waals surface area (Å²) >= 11 is 0. The van der Waals surface area contributed by atoms with Crippen molar-refractivity contribution in [1.82, 2.24) is 10.0 Å². The van der Waals surface area contributed by atoms with Gasteiger partial charge in [0.05, 0.1) is 17.4 Å². The fraction of sp³-hybridized carbons (Fsp3) is 0.316. The molecule has 0 heterocycles. The lowest BCUT2D eigenvalue weighted by molar-refractivity contribution is 0.568. The van der Waals surface area contributed by atoms with Crippen molar-refractivity contribution in [2.75, 3.05) is 0 Å². The number of hydrogen-bond acceptors (Lipinski definition) is 4. The van der Waals surface area contributed by atoms with Crippen LogP contribution in [0.15, 0.2) is 48.5 Å². The van der Waals surface area contributed by atoms with Gasteiger partial charge in [-0.2, -0.15) is 5.26 Å². The SMILES string of the molecule is CC(C)NS(=O)(=O)Cc1ccccc1CNCc1ccc(C#N)cc1. The monoisotopic (exact) mass is 357 g/mol. The molecule has 2 rings (SSSR count). The summed E-state index contributed by atoms with van der Waals surface area (Å²) in [5, 5.41) is 12.1. The van der Waals surface area contributed by atoms with Crippen molar-refractivity contribution in [3.8, 4) is 6.07 Å². The molecule has 0 aliphatic carbocycles. The predicted octanol–water partition coefficient (Wildman–Crippen LogP) is 2.68. The highest BCUT2D eigenvalue weighted by atomic mass is 32.2. The summed E-state index contributed by atoms with van der Waals surface area (Å²) < 4.78 is 26.9. The lowest BCUT2D eigenvalue weighted by Crippen LogP contribution is -2.31. The third-order valence-corrected chi connectivity index (χ3v) is 5.13. The second-order valence-electron chi connectivity index (χ2n) is 6.21. The minimum absolute atomic E-state index is 0.0279. The van der Waals surface area contributed by atoms with Crippen LogP contribution in [0.5, 0.6) is 0 Å². The maximum atomic E-state index is 12.2. The number of sulfonamides is 1. The van der Waals surface area contributed by atoms with E-state index in [1.54, 1.807) is 12.1 Å². The first-order valence-corrected chi connectivity index (χ1v) is 9.81. The quantitative estimate of drug-likeness (QED) is 0.761. The van der Waals surface area contributed by atoms with Gasteiger partial charge in [-0.3, -0.25) is 0 Å². The molecule has 25 heavy (non-hydrogen) atoms. The van der Waals surface area contributed by atoms with Crippen LogP contribution in [-0.4, -0.2) is 14.5 Å². The van der Waals surface area contributed by atoms with Crippen molar-refractivity contribution < 1.29 is 8.42 Å². The predicted molar refractivity (Wildman–Crippen MR) is 99.0 cm³/mol. The largest absolute Gasteiger partial charge is 0.309 e. The number of nitrogens with zero attached hydrogens (tertiary/aromatic N) is 1. The highest BCUT2D eigenvalue weighted by molar-refractivity contribution is 7.88. The molecule has 5 nitrogen and oxygen atoms in total. The molecule has 2 N–H and O–H groups in total. The van der Waals surface area contributed by atoms with Gasteiger partial charge in [-0.25, -0.2) is 13.1 Å². The second kappa shape index (κ2) is 8.77. The lowest BCUT2D eigenvalue weighted by Gasteiger charge is -2.13. The molecule has 2 aromatic carbocycles. The molecule has 0 amide bonds. The Labute approximate surface area is 149 Å². The van der Waals surface area contributed by atoms with Gasteiger partial charge in [0.15, 0.2) is 0 Å². The molecule has 0 radical (unpaired) electrons. The summed E-state index contributed by atoms with van der Waals surface area (Å²) in [4.78, 5) is 0. The zero-order valence-electron chi connectivity index (χ0n) is 14.5. The summed E-state index contributed by atoms with van der Waals surface area (Å²) in [5.74, 6) is -0.0279. The fourth-order valence-corrected chi connectivity index (χ4v) is 4.01. The van der Waals surface area contributed by atoms with Crippen molar-refractivity contribution in [3.05, 3.63) is 70.8 Å². The Kier molecular flexibility index (Phi) is 6.71. The highest BCUT2D eigenvalue weighted by Crippen LogP contribution is 2.13. The van der Waals surface area contributed by atoms with E-state index in [-0.39, 0.29) is 11.8 Å². The van der Waals surface area contributed by atoms with Crippen LogP contribution in [0.1, 0.15) is 36.1 Å². The molecule has 0 saturated carbocycles. The van der Waals surface area contributed by atoms with Gasteiger partial charge < -0.3 is 5.32 Å². The Bertz CT molecular complexity index is 838. The molecule has 0 aromatic heterocycles. The molecule has 2 aromatic rings. The molecule has 0 saturated heterocycles. The number of benzene rings is 2. The topological polar surface area (TPSA) is 82.0 Å². The van der Waals surface area contributed by atoms with Crippen LogP contribution in [0, 0.1) is 11.3 Å². The van der Waals surface area contributed by atoms with Crippen LogP contribution in [0.4, 0.5) is 0 Å². The summed E-state index contributed by atoms with van der Waals surface area (Å²) in [6, 6.07) is 16.9. The second-order valence-corrected chi connectivity index (χ2v) is 7.97. The van der Waals surface area contributed by atoms with Crippen molar-refractivity contribution in [2.45, 2.75) is 38.7 Å². The first-order valence-electron chi connectivity index (χ1n) is 8.16. The zero-order valence-corrected chi connectivity index (χ0v) is 15.3. The lowest BCUT2D eigenvalue weighted by atomic mass is 10.1. The maximum Gasteiger partial charge on any atom is 0.216 e. The van der Waals surface area contributed by atoms with Crippen molar-refractivity contribution in [3.63, 3.8) is 0 Å². The average molecular weight is 357 g/mol. The first-order chi connectivity index (χ1) is 11.9. The van der Waals surface area contributed by atoms with Gasteiger partial charge in [-0.1, -0.05) is 36.4 Å². The van der Waals surface area contributed by atoms with Gasteiger partial charge in [-0.05, 0) is 42.7 Å². The van der Waals surface area contributed by atoms with Gasteiger partial charge in [0.25, 0.3) is 0 Å². The van der Waals surface area contributed by atoms with E-state index < -0.39 is 10.0 Å². The Morgan fingerprint density at radius 1 is 1.00 bits per heavy atom. The molecule has 0 aliphatic heterocycles. The van der Waals surface area contributed by atoms with Crippen LogP contribution < -0.4 is 10.0 Å². The number of nitriles is 1.